The molecule has 21 heavy (non-hydrogen) atoms. The number of amides is 1. The molecule has 1 saturated heterocycles. The van der Waals surface area contributed by atoms with Crippen molar-refractivity contribution in [1.29, 1.82) is 0 Å². The molecule has 1 aromatic carbocycles. The minimum Gasteiger partial charge on any atom is -0.482 e. The number of halogens is 3. The summed E-state index contributed by atoms with van der Waals surface area (Å²) in [7, 11) is 0. The SMILES string of the molecule is CC1CC(NC(=O)COc2ccc(Cl)cc2Cl)CCN1.Cl. The van der Waals surface area contributed by atoms with E-state index in [0.29, 0.717) is 21.8 Å². The number of nitrogens with one attached hydrogen (secondary N) is 2. The van der Waals surface area contributed by atoms with Gasteiger partial charge in [-0.25, -0.2) is 0 Å². The molecule has 1 amide bonds. The van der Waals surface area contributed by atoms with E-state index >= 15 is 0 Å². The second-order valence-electron chi connectivity index (χ2n) is 5.01. The molecule has 1 fully saturated rings. The molecule has 2 rings (SSSR count). The van der Waals surface area contributed by atoms with Crippen LogP contribution in [0.2, 0.25) is 10.0 Å². The fraction of sp³-hybridized carbons (Fsp3) is 0.500. The Morgan fingerprint density at radius 1 is 1.48 bits per heavy atom. The molecule has 0 aromatic heterocycles. The predicted octanol–water partition coefficient (Wildman–Crippen LogP) is 3.05. The van der Waals surface area contributed by atoms with Crippen molar-refractivity contribution < 1.29 is 9.53 Å². The maximum absolute atomic E-state index is 11.8. The van der Waals surface area contributed by atoms with Gasteiger partial charge in [-0.1, -0.05) is 23.2 Å². The molecule has 118 valence electrons. The van der Waals surface area contributed by atoms with Crippen LogP contribution >= 0.6 is 35.6 Å². The van der Waals surface area contributed by atoms with Crippen LogP contribution in [0.25, 0.3) is 0 Å². The normalized spacial score (nSPS) is 21.3. The highest BCUT2D eigenvalue weighted by molar-refractivity contribution is 6.35. The highest BCUT2D eigenvalue weighted by Crippen LogP contribution is 2.27. The lowest BCUT2D eigenvalue weighted by atomic mass is 10.0. The summed E-state index contributed by atoms with van der Waals surface area (Å²) < 4.78 is 5.40. The van der Waals surface area contributed by atoms with Crippen LogP contribution in [0.1, 0.15) is 19.8 Å². The fourth-order valence-electron chi connectivity index (χ4n) is 2.27. The average molecular weight is 354 g/mol. The van der Waals surface area contributed by atoms with Gasteiger partial charge >= 0.3 is 0 Å². The average Bonchev–Trinajstić information content (AvgIpc) is 2.37. The molecule has 1 aliphatic rings. The number of carbonyl (C=O) groups is 1. The smallest absolute Gasteiger partial charge is 0.258 e. The maximum Gasteiger partial charge on any atom is 0.258 e. The van der Waals surface area contributed by atoms with Crippen LogP contribution < -0.4 is 15.4 Å². The van der Waals surface area contributed by atoms with Crippen molar-refractivity contribution in [3.63, 3.8) is 0 Å². The number of piperidine rings is 1. The van der Waals surface area contributed by atoms with Crippen LogP contribution in [0.15, 0.2) is 18.2 Å². The van der Waals surface area contributed by atoms with Crippen molar-refractivity contribution >= 4 is 41.5 Å². The molecule has 0 saturated carbocycles. The number of carbonyl (C=O) groups excluding carboxylic acids is 1. The van der Waals surface area contributed by atoms with E-state index in [-0.39, 0.29) is 31.0 Å². The molecule has 0 radical (unpaired) electrons. The van der Waals surface area contributed by atoms with Crippen molar-refractivity contribution in [2.45, 2.75) is 31.8 Å². The molecule has 0 spiro atoms. The Balaban J connectivity index is 0.00000220. The predicted molar refractivity (Wildman–Crippen MR) is 87.8 cm³/mol. The Morgan fingerprint density at radius 2 is 2.24 bits per heavy atom. The summed E-state index contributed by atoms with van der Waals surface area (Å²) in [6, 6.07) is 5.56. The largest absolute Gasteiger partial charge is 0.482 e. The van der Waals surface area contributed by atoms with Crippen LogP contribution in [0.5, 0.6) is 5.75 Å². The molecule has 2 unspecified atom stereocenters. The van der Waals surface area contributed by atoms with Gasteiger partial charge in [0.15, 0.2) is 6.61 Å². The molecule has 7 heteroatoms. The van der Waals surface area contributed by atoms with Gasteiger partial charge in [0.05, 0.1) is 5.02 Å². The molecule has 1 aromatic rings. The van der Waals surface area contributed by atoms with Gasteiger partial charge in [0.25, 0.3) is 5.91 Å². The molecular formula is C14H19Cl3N2O2. The summed E-state index contributed by atoms with van der Waals surface area (Å²) >= 11 is 11.8. The Morgan fingerprint density at radius 3 is 2.90 bits per heavy atom. The van der Waals surface area contributed by atoms with Gasteiger partial charge in [-0.3, -0.25) is 4.79 Å². The molecular weight excluding hydrogens is 335 g/mol. The van der Waals surface area contributed by atoms with Gasteiger partial charge < -0.3 is 15.4 Å². The van der Waals surface area contributed by atoms with E-state index in [0.717, 1.165) is 19.4 Å². The van der Waals surface area contributed by atoms with Crippen LogP contribution in [0.4, 0.5) is 0 Å². The van der Waals surface area contributed by atoms with Gasteiger partial charge in [-0.15, -0.1) is 12.4 Å². The third-order valence-corrected chi connectivity index (χ3v) is 3.77. The first-order valence-electron chi connectivity index (χ1n) is 6.65. The van der Waals surface area contributed by atoms with Crippen molar-refractivity contribution in [1.82, 2.24) is 10.6 Å². The number of hydrogen-bond acceptors (Lipinski definition) is 3. The van der Waals surface area contributed by atoms with E-state index in [1.165, 1.54) is 0 Å². The van der Waals surface area contributed by atoms with Crippen LogP contribution in [0.3, 0.4) is 0 Å². The zero-order valence-corrected chi connectivity index (χ0v) is 14.0. The highest BCUT2D eigenvalue weighted by atomic mass is 35.5. The summed E-state index contributed by atoms with van der Waals surface area (Å²) in [6.45, 7) is 3.00. The minimum atomic E-state index is -0.130. The van der Waals surface area contributed by atoms with E-state index < -0.39 is 0 Å². The third kappa shape index (κ3) is 5.91. The van der Waals surface area contributed by atoms with E-state index in [1.54, 1.807) is 18.2 Å². The zero-order valence-electron chi connectivity index (χ0n) is 11.7. The zero-order chi connectivity index (χ0) is 14.5. The van der Waals surface area contributed by atoms with Gasteiger partial charge in [0.1, 0.15) is 5.75 Å². The molecule has 0 aliphatic carbocycles. The quantitative estimate of drug-likeness (QED) is 0.874. The second kappa shape index (κ2) is 8.69. The summed E-state index contributed by atoms with van der Waals surface area (Å²) in [5.74, 6) is 0.333. The van der Waals surface area contributed by atoms with Gasteiger partial charge in [-0.2, -0.15) is 0 Å². The third-order valence-electron chi connectivity index (χ3n) is 3.24. The van der Waals surface area contributed by atoms with E-state index in [4.69, 9.17) is 27.9 Å². The van der Waals surface area contributed by atoms with E-state index in [2.05, 4.69) is 17.6 Å². The van der Waals surface area contributed by atoms with E-state index in [9.17, 15) is 4.79 Å². The molecule has 2 N–H and O–H groups in total. The Bertz CT molecular complexity index is 485. The van der Waals surface area contributed by atoms with Crippen molar-refractivity contribution in [2.24, 2.45) is 0 Å². The first kappa shape index (κ1) is 18.4. The highest BCUT2D eigenvalue weighted by Gasteiger charge is 2.20. The summed E-state index contributed by atoms with van der Waals surface area (Å²) in [5, 5.41) is 7.26. The van der Waals surface area contributed by atoms with Crippen molar-refractivity contribution in [2.75, 3.05) is 13.2 Å². The van der Waals surface area contributed by atoms with Crippen molar-refractivity contribution in [3.05, 3.63) is 28.2 Å². The summed E-state index contributed by atoms with van der Waals surface area (Å²) in [5.41, 5.74) is 0. The monoisotopic (exact) mass is 352 g/mol. The molecule has 2 atom stereocenters. The van der Waals surface area contributed by atoms with Crippen LogP contribution in [0, 0.1) is 0 Å². The maximum atomic E-state index is 11.8. The Labute approximate surface area is 140 Å². The van der Waals surface area contributed by atoms with Gasteiger partial charge in [0.2, 0.25) is 0 Å². The number of hydrogen-bond donors (Lipinski definition) is 2. The van der Waals surface area contributed by atoms with E-state index in [1.807, 2.05) is 0 Å². The lowest BCUT2D eigenvalue weighted by molar-refractivity contribution is -0.124. The lowest BCUT2D eigenvalue weighted by Crippen LogP contribution is -2.47. The first-order valence-corrected chi connectivity index (χ1v) is 7.41. The lowest BCUT2D eigenvalue weighted by Gasteiger charge is -2.28. The minimum absolute atomic E-state index is 0. The molecule has 1 aliphatic heterocycles. The van der Waals surface area contributed by atoms with Gasteiger partial charge in [0, 0.05) is 17.1 Å². The van der Waals surface area contributed by atoms with Crippen molar-refractivity contribution in [3.8, 4) is 5.75 Å². The topological polar surface area (TPSA) is 50.4 Å². The van der Waals surface area contributed by atoms with Crippen LogP contribution in [-0.4, -0.2) is 31.1 Å². The summed E-state index contributed by atoms with van der Waals surface area (Å²) in [4.78, 5) is 11.8. The Hall–Kier alpha value is -0.680. The molecule has 0 bridgehead atoms. The summed E-state index contributed by atoms with van der Waals surface area (Å²) in [6.07, 6.45) is 1.88. The number of rotatable bonds is 4. The number of benzene rings is 1. The standard InChI is InChI=1S/C14H18Cl2N2O2.ClH/c1-9-6-11(4-5-17-9)18-14(19)8-20-13-3-2-10(15)7-12(13)16;/h2-3,7,9,11,17H,4-6,8H2,1H3,(H,18,19);1H. The van der Waals surface area contributed by atoms with Crippen LogP contribution in [-0.2, 0) is 4.79 Å². The fourth-order valence-corrected chi connectivity index (χ4v) is 2.73. The second-order valence-corrected chi connectivity index (χ2v) is 5.85. The molecule has 4 nitrogen and oxygen atoms in total. The molecule has 1 heterocycles. The first-order chi connectivity index (χ1) is 9.54. The number of ether oxygens (including phenoxy) is 1. The Kier molecular flexibility index (Phi) is 7.60. The van der Waals surface area contributed by atoms with Gasteiger partial charge in [-0.05, 0) is 44.5 Å².